The van der Waals surface area contributed by atoms with Gasteiger partial charge in [0.25, 0.3) is 5.91 Å². The largest absolute Gasteiger partial charge is 0.508 e. The van der Waals surface area contributed by atoms with Gasteiger partial charge in [0.2, 0.25) is 0 Å². The van der Waals surface area contributed by atoms with Gasteiger partial charge in [-0.2, -0.15) is 0 Å². The van der Waals surface area contributed by atoms with Crippen molar-refractivity contribution in [3.63, 3.8) is 0 Å². The molecule has 2 atom stereocenters. The first kappa shape index (κ1) is 16.8. The van der Waals surface area contributed by atoms with E-state index in [1.807, 2.05) is 22.8 Å². The molecule has 0 saturated heterocycles. The SMILES string of the molecule is [2H]C([2H])([2H])N1C(=O)c2cccc(O)c2[C@H]2C[C@@H]1c1nc3ccc(-c4cnc(C5(O)CCC5)nc4)cc3n12. The monoisotopic (exact) mass is 456 g/mol. The van der Waals surface area contributed by atoms with Crippen LogP contribution in [-0.4, -0.2) is 47.5 Å². The van der Waals surface area contributed by atoms with Crippen molar-refractivity contribution >= 4 is 16.9 Å². The zero-order valence-corrected chi connectivity index (χ0v) is 18.1. The van der Waals surface area contributed by atoms with Gasteiger partial charge in [-0.1, -0.05) is 12.1 Å². The zero-order valence-electron chi connectivity index (χ0n) is 21.1. The van der Waals surface area contributed by atoms with E-state index in [1.54, 1.807) is 24.5 Å². The fourth-order valence-electron chi connectivity index (χ4n) is 5.56. The van der Waals surface area contributed by atoms with Gasteiger partial charge in [-0.25, -0.2) is 15.0 Å². The molecule has 2 aliphatic heterocycles. The molecule has 170 valence electrons. The molecule has 1 amide bonds. The van der Waals surface area contributed by atoms with Gasteiger partial charge >= 0.3 is 0 Å². The van der Waals surface area contributed by atoms with Crippen molar-refractivity contribution < 1.29 is 19.1 Å². The lowest BCUT2D eigenvalue weighted by Gasteiger charge is -2.34. The Morgan fingerprint density at radius 2 is 1.94 bits per heavy atom. The van der Waals surface area contributed by atoms with Gasteiger partial charge in [-0.05, 0) is 49.1 Å². The minimum absolute atomic E-state index is 0.0502. The van der Waals surface area contributed by atoms with Crippen LogP contribution in [0.3, 0.4) is 0 Å². The van der Waals surface area contributed by atoms with Crippen LogP contribution in [0.5, 0.6) is 5.75 Å². The molecule has 0 radical (unpaired) electrons. The molecule has 0 spiro atoms. The Morgan fingerprint density at radius 3 is 2.68 bits per heavy atom. The maximum absolute atomic E-state index is 13.4. The number of aliphatic hydroxyl groups is 1. The predicted octanol–water partition coefficient (Wildman–Crippen LogP) is 3.69. The number of amides is 1. The fourth-order valence-corrected chi connectivity index (χ4v) is 5.56. The molecule has 2 N–H and O–H groups in total. The molecule has 2 aromatic carbocycles. The van der Waals surface area contributed by atoms with Crippen molar-refractivity contribution in [1.29, 1.82) is 0 Å². The molecular formula is C26H23N5O3. The number of aromatic nitrogens is 4. The van der Waals surface area contributed by atoms with Crippen LogP contribution in [0.15, 0.2) is 48.8 Å². The third-order valence-corrected chi connectivity index (χ3v) is 7.53. The Labute approximate surface area is 199 Å². The van der Waals surface area contributed by atoms with E-state index in [2.05, 4.69) is 9.97 Å². The minimum Gasteiger partial charge on any atom is -0.508 e. The summed E-state index contributed by atoms with van der Waals surface area (Å²) in [6.45, 7) is -2.68. The second kappa shape index (κ2) is 6.64. The summed E-state index contributed by atoms with van der Waals surface area (Å²) >= 11 is 0. The number of benzene rings is 2. The van der Waals surface area contributed by atoms with Crippen LogP contribution in [-0.2, 0) is 5.60 Å². The van der Waals surface area contributed by atoms with Crippen molar-refractivity contribution in [2.24, 2.45) is 0 Å². The standard InChI is InChI=1S/C26H23N5O3/c1-30-20-11-19(22-16(24(30)33)4-2-5-21(22)32)31-18-10-14(6-7-17(18)29-23(20)31)15-12-27-25(28-13-15)26(34)8-3-9-26/h2,4-7,10,12-13,19-20,32,34H,3,8-9,11H2,1H3/t19-,20-/m1/s1/i1D3. The fraction of sp³-hybridized carbons (Fsp3) is 0.308. The zero-order chi connectivity index (χ0) is 25.7. The van der Waals surface area contributed by atoms with Crippen molar-refractivity contribution in [2.45, 2.75) is 43.4 Å². The molecule has 2 bridgehead atoms. The molecule has 1 fully saturated rings. The summed E-state index contributed by atoms with van der Waals surface area (Å²) in [5, 5.41) is 21.4. The molecule has 0 unspecified atom stereocenters. The molecule has 4 aromatic rings. The van der Waals surface area contributed by atoms with Crippen molar-refractivity contribution in [1.82, 2.24) is 24.4 Å². The van der Waals surface area contributed by atoms with E-state index in [-0.39, 0.29) is 11.3 Å². The van der Waals surface area contributed by atoms with Gasteiger partial charge < -0.3 is 19.7 Å². The topological polar surface area (TPSA) is 104 Å². The highest BCUT2D eigenvalue weighted by Gasteiger charge is 2.44. The number of imidazole rings is 1. The van der Waals surface area contributed by atoms with Crippen LogP contribution >= 0.6 is 0 Å². The highest BCUT2D eigenvalue weighted by molar-refractivity contribution is 5.98. The molecular weight excluding hydrogens is 430 g/mol. The smallest absolute Gasteiger partial charge is 0.254 e. The number of carbonyl (C=O) groups excluding carboxylic acids is 1. The van der Waals surface area contributed by atoms with Crippen LogP contribution in [0.1, 0.15) is 69.4 Å². The van der Waals surface area contributed by atoms with Crippen molar-refractivity contribution in [3.05, 3.63) is 71.6 Å². The third kappa shape index (κ3) is 2.51. The molecule has 8 heteroatoms. The first-order valence-corrected chi connectivity index (χ1v) is 11.4. The van der Waals surface area contributed by atoms with Gasteiger partial charge in [0, 0.05) is 46.6 Å². The normalized spacial score (nSPS) is 24.0. The lowest BCUT2D eigenvalue weighted by atomic mass is 9.79. The van der Waals surface area contributed by atoms with Crippen LogP contribution in [0.2, 0.25) is 0 Å². The number of aromatic hydroxyl groups is 1. The Morgan fingerprint density at radius 1 is 1.12 bits per heavy atom. The molecule has 1 aliphatic carbocycles. The first-order valence-electron chi connectivity index (χ1n) is 12.9. The van der Waals surface area contributed by atoms with Gasteiger partial charge in [-0.15, -0.1) is 0 Å². The summed E-state index contributed by atoms with van der Waals surface area (Å²) in [5.74, 6) is 0.225. The average molecular weight is 457 g/mol. The summed E-state index contributed by atoms with van der Waals surface area (Å²) in [7, 11) is 0. The third-order valence-electron chi connectivity index (χ3n) is 7.53. The number of hydrogen-bond acceptors (Lipinski definition) is 6. The predicted molar refractivity (Wildman–Crippen MR) is 124 cm³/mol. The molecule has 7 rings (SSSR count). The Hall–Kier alpha value is -3.78. The maximum atomic E-state index is 13.4. The van der Waals surface area contributed by atoms with E-state index in [4.69, 9.17) is 9.10 Å². The van der Waals surface area contributed by atoms with E-state index in [9.17, 15) is 15.0 Å². The molecule has 1 saturated carbocycles. The van der Waals surface area contributed by atoms with E-state index in [0.29, 0.717) is 42.0 Å². The highest BCUT2D eigenvalue weighted by Crippen LogP contribution is 2.49. The van der Waals surface area contributed by atoms with Crippen molar-refractivity contribution in [2.75, 3.05) is 6.98 Å². The Bertz CT molecular complexity index is 1590. The average Bonchev–Trinajstić information content (AvgIpc) is 3.34. The molecule has 2 aromatic heterocycles. The van der Waals surface area contributed by atoms with E-state index < -0.39 is 30.6 Å². The van der Waals surface area contributed by atoms with Crippen LogP contribution < -0.4 is 0 Å². The van der Waals surface area contributed by atoms with Crippen molar-refractivity contribution in [3.8, 4) is 16.9 Å². The van der Waals surface area contributed by atoms with E-state index in [0.717, 1.165) is 28.0 Å². The van der Waals surface area contributed by atoms with Crippen LogP contribution in [0, 0.1) is 0 Å². The van der Waals surface area contributed by atoms with Crippen LogP contribution in [0.4, 0.5) is 0 Å². The number of carbonyl (C=O) groups is 1. The first-order chi connectivity index (χ1) is 17.7. The van der Waals surface area contributed by atoms with Gasteiger partial charge in [0.05, 0.1) is 23.1 Å². The second-order valence-corrected chi connectivity index (χ2v) is 9.40. The highest BCUT2D eigenvalue weighted by atomic mass is 16.3. The number of phenolic OH excluding ortho intramolecular Hbond substituents is 1. The number of phenols is 1. The summed E-state index contributed by atoms with van der Waals surface area (Å²) in [5.41, 5.74) is 2.68. The lowest BCUT2D eigenvalue weighted by Crippen LogP contribution is -2.35. The number of hydrogen-bond donors (Lipinski definition) is 2. The van der Waals surface area contributed by atoms with Gasteiger partial charge in [0.15, 0.2) is 5.82 Å². The van der Waals surface area contributed by atoms with Gasteiger partial charge in [0.1, 0.15) is 17.2 Å². The maximum Gasteiger partial charge on any atom is 0.254 e. The number of nitrogens with zero attached hydrogens (tertiary/aromatic N) is 5. The summed E-state index contributed by atoms with van der Waals surface area (Å²) in [4.78, 5) is 27.9. The van der Waals surface area contributed by atoms with E-state index >= 15 is 0 Å². The number of rotatable bonds is 2. The van der Waals surface area contributed by atoms with E-state index in [1.165, 1.54) is 6.07 Å². The minimum atomic E-state index is -2.68. The summed E-state index contributed by atoms with van der Waals surface area (Å²) < 4.78 is 26.3. The lowest BCUT2D eigenvalue weighted by molar-refractivity contribution is -0.0467. The molecule has 3 aliphatic rings. The van der Waals surface area contributed by atoms with Gasteiger partial charge in [-0.3, -0.25) is 4.79 Å². The quantitative estimate of drug-likeness (QED) is 0.477. The molecule has 8 nitrogen and oxygen atoms in total. The molecule has 34 heavy (non-hydrogen) atoms. The van der Waals surface area contributed by atoms with Crippen LogP contribution in [0.25, 0.3) is 22.2 Å². The summed E-state index contributed by atoms with van der Waals surface area (Å²) in [6.07, 6.45) is 5.96. The number of fused-ring (bicyclic) bond motifs is 9. The Balaban J connectivity index is 1.39. The molecule has 4 heterocycles. The summed E-state index contributed by atoms with van der Waals surface area (Å²) in [6, 6.07) is 9.10. The Kier molecular flexibility index (Phi) is 3.27. The second-order valence-electron chi connectivity index (χ2n) is 9.40.